The number of aromatic nitrogens is 2. The molecule has 4 rings (SSSR count). The number of carbonyl (C=O) groups excluding carboxylic acids is 1. The first-order chi connectivity index (χ1) is 18.3. The molecule has 0 radical (unpaired) electrons. The van der Waals surface area contributed by atoms with Crippen LogP contribution in [0.2, 0.25) is 0 Å². The van der Waals surface area contributed by atoms with E-state index in [-0.39, 0.29) is 22.5 Å². The maximum atomic E-state index is 12.7. The summed E-state index contributed by atoms with van der Waals surface area (Å²) < 4.78 is 80.5. The Balaban J connectivity index is 0.000000216. The van der Waals surface area contributed by atoms with E-state index in [0.717, 1.165) is 25.3 Å². The van der Waals surface area contributed by atoms with Crippen LogP contribution in [0.15, 0.2) is 84.9 Å². The number of benzene rings is 2. The molecule has 0 aliphatic carbocycles. The maximum absolute atomic E-state index is 12.7. The van der Waals surface area contributed by atoms with Crippen LogP contribution in [0, 0.1) is 0 Å². The third-order valence-corrected chi connectivity index (χ3v) is 5.10. The fraction of sp³-hybridized carbons (Fsp3) is 0.111. The molecule has 2 heterocycles. The van der Waals surface area contributed by atoms with Gasteiger partial charge in [0, 0.05) is 11.1 Å². The molecule has 1 N–H and O–H groups in total. The molecule has 12 heteroatoms. The van der Waals surface area contributed by atoms with Crippen molar-refractivity contribution >= 4 is 11.9 Å². The lowest BCUT2D eigenvalue weighted by Gasteiger charge is -2.11. The van der Waals surface area contributed by atoms with Gasteiger partial charge in [-0.3, -0.25) is 0 Å². The first-order valence-corrected chi connectivity index (χ1v) is 10.9. The van der Waals surface area contributed by atoms with Crippen molar-refractivity contribution in [3.8, 4) is 22.5 Å². The molecule has 0 amide bonds. The number of carboxylic acid groups (broad SMARTS) is 1. The molecule has 2 aromatic heterocycles. The standard InChI is InChI=1S/C14H10F3NO2.C13H8F3NO2/c1-20-13(19)10-7-8-11(14(15,16)17)18-12(10)9-5-3-2-4-6-9;14-13(15,16)10-7-6-9(12(18)19)11(17-10)8-4-2-1-3-5-8/h2-8H,1H3;1-7H,(H,18,19). The van der Waals surface area contributed by atoms with Gasteiger partial charge in [-0.05, 0) is 24.3 Å². The number of nitrogens with zero attached hydrogens (tertiary/aromatic N) is 2. The van der Waals surface area contributed by atoms with Gasteiger partial charge in [-0.1, -0.05) is 60.7 Å². The summed E-state index contributed by atoms with van der Waals surface area (Å²) in [4.78, 5) is 29.6. The normalized spacial score (nSPS) is 11.3. The Bertz CT molecular complexity index is 1460. The van der Waals surface area contributed by atoms with Gasteiger partial charge in [0.25, 0.3) is 0 Å². The molecule has 0 saturated heterocycles. The van der Waals surface area contributed by atoms with Crippen LogP contribution in [-0.2, 0) is 17.1 Å². The van der Waals surface area contributed by atoms with Gasteiger partial charge >= 0.3 is 24.3 Å². The van der Waals surface area contributed by atoms with E-state index in [0.29, 0.717) is 17.2 Å². The Labute approximate surface area is 217 Å². The van der Waals surface area contributed by atoms with Crippen LogP contribution in [0.3, 0.4) is 0 Å². The van der Waals surface area contributed by atoms with E-state index in [1.165, 1.54) is 12.1 Å². The van der Waals surface area contributed by atoms with E-state index in [1.54, 1.807) is 48.5 Å². The Morgan fingerprint density at radius 3 is 1.38 bits per heavy atom. The van der Waals surface area contributed by atoms with Gasteiger partial charge < -0.3 is 9.84 Å². The minimum absolute atomic E-state index is 0.00769. The van der Waals surface area contributed by atoms with Crippen LogP contribution in [0.4, 0.5) is 26.3 Å². The third-order valence-electron chi connectivity index (χ3n) is 5.10. The molecular formula is C27H18F6N2O4. The summed E-state index contributed by atoms with van der Waals surface area (Å²) in [6, 6.07) is 19.5. The molecule has 6 nitrogen and oxygen atoms in total. The highest BCUT2D eigenvalue weighted by molar-refractivity contribution is 5.96. The van der Waals surface area contributed by atoms with Crippen LogP contribution in [0.5, 0.6) is 0 Å². The number of hydrogen-bond donors (Lipinski definition) is 1. The van der Waals surface area contributed by atoms with E-state index < -0.39 is 35.7 Å². The molecule has 0 bridgehead atoms. The average molecular weight is 548 g/mol. The topological polar surface area (TPSA) is 89.4 Å². The first-order valence-electron chi connectivity index (χ1n) is 10.9. The molecule has 0 spiro atoms. The number of ether oxygens (including phenoxy) is 1. The Hall–Kier alpha value is -4.74. The first kappa shape index (κ1) is 28.8. The predicted molar refractivity (Wildman–Crippen MR) is 128 cm³/mol. The quantitative estimate of drug-likeness (QED) is 0.218. The van der Waals surface area contributed by atoms with Crippen molar-refractivity contribution in [1.82, 2.24) is 9.97 Å². The minimum Gasteiger partial charge on any atom is -0.478 e. The maximum Gasteiger partial charge on any atom is 0.433 e. The van der Waals surface area contributed by atoms with Crippen LogP contribution in [0.1, 0.15) is 32.1 Å². The van der Waals surface area contributed by atoms with Crippen LogP contribution in [0.25, 0.3) is 22.5 Å². The van der Waals surface area contributed by atoms with Gasteiger partial charge in [0.15, 0.2) is 0 Å². The SMILES string of the molecule is COC(=O)c1ccc(C(F)(F)F)nc1-c1ccccc1.O=C(O)c1ccc(C(F)(F)F)nc1-c1ccccc1. The number of carbonyl (C=O) groups is 2. The van der Waals surface area contributed by atoms with E-state index in [1.807, 2.05) is 0 Å². The number of pyridine rings is 2. The zero-order valence-electron chi connectivity index (χ0n) is 19.9. The molecule has 0 saturated carbocycles. The molecule has 2 aromatic carbocycles. The van der Waals surface area contributed by atoms with Crippen molar-refractivity contribution in [2.75, 3.05) is 7.11 Å². The van der Waals surface area contributed by atoms with Gasteiger partial charge in [0.05, 0.1) is 29.6 Å². The summed E-state index contributed by atoms with van der Waals surface area (Å²) in [7, 11) is 1.16. The molecular weight excluding hydrogens is 530 g/mol. The summed E-state index contributed by atoms with van der Waals surface area (Å²) in [6.45, 7) is 0. The number of alkyl halides is 6. The van der Waals surface area contributed by atoms with Crippen molar-refractivity contribution in [2.24, 2.45) is 0 Å². The zero-order chi connectivity index (χ0) is 28.8. The van der Waals surface area contributed by atoms with Crippen molar-refractivity contribution in [1.29, 1.82) is 0 Å². The average Bonchev–Trinajstić information content (AvgIpc) is 2.92. The number of rotatable bonds is 4. The summed E-state index contributed by atoms with van der Waals surface area (Å²) in [5, 5.41) is 9.00. The lowest BCUT2D eigenvalue weighted by Crippen LogP contribution is -2.12. The largest absolute Gasteiger partial charge is 0.478 e. The lowest BCUT2D eigenvalue weighted by molar-refractivity contribution is -0.141. The summed E-state index contributed by atoms with van der Waals surface area (Å²) in [5.41, 5.74) is -1.94. The molecule has 0 atom stereocenters. The molecule has 0 aliphatic heterocycles. The molecule has 4 aromatic rings. The number of halogens is 6. The van der Waals surface area contributed by atoms with Gasteiger partial charge in [-0.25, -0.2) is 19.6 Å². The molecule has 0 fully saturated rings. The second-order valence-corrected chi connectivity index (χ2v) is 7.71. The Morgan fingerprint density at radius 1 is 0.641 bits per heavy atom. The van der Waals surface area contributed by atoms with E-state index in [2.05, 4.69) is 14.7 Å². The highest BCUT2D eigenvalue weighted by Crippen LogP contribution is 2.32. The number of methoxy groups -OCH3 is 1. The Kier molecular flexibility index (Phi) is 8.69. The lowest BCUT2D eigenvalue weighted by atomic mass is 10.1. The molecule has 39 heavy (non-hydrogen) atoms. The second-order valence-electron chi connectivity index (χ2n) is 7.71. The van der Waals surface area contributed by atoms with E-state index in [4.69, 9.17) is 5.11 Å². The summed E-state index contributed by atoms with van der Waals surface area (Å²) in [5.74, 6) is -2.05. The summed E-state index contributed by atoms with van der Waals surface area (Å²) >= 11 is 0. The van der Waals surface area contributed by atoms with Crippen molar-refractivity contribution in [3.63, 3.8) is 0 Å². The number of carboxylic acids is 1. The van der Waals surface area contributed by atoms with Crippen LogP contribution >= 0.6 is 0 Å². The Morgan fingerprint density at radius 2 is 1.03 bits per heavy atom. The van der Waals surface area contributed by atoms with Gasteiger partial charge in [-0.15, -0.1) is 0 Å². The van der Waals surface area contributed by atoms with Crippen molar-refractivity contribution in [3.05, 3.63) is 107 Å². The second kappa shape index (κ2) is 11.8. The molecule has 0 unspecified atom stereocenters. The number of aromatic carboxylic acids is 1. The van der Waals surface area contributed by atoms with E-state index in [9.17, 15) is 35.9 Å². The fourth-order valence-electron chi connectivity index (χ4n) is 3.31. The van der Waals surface area contributed by atoms with E-state index >= 15 is 0 Å². The van der Waals surface area contributed by atoms with Crippen molar-refractivity contribution in [2.45, 2.75) is 12.4 Å². The smallest absolute Gasteiger partial charge is 0.433 e. The van der Waals surface area contributed by atoms with Gasteiger partial charge in [0.2, 0.25) is 0 Å². The fourth-order valence-corrected chi connectivity index (χ4v) is 3.31. The molecule has 0 aliphatic rings. The third kappa shape index (κ3) is 7.18. The highest BCUT2D eigenvalue weighted by atomic mass is 19.4. The highest BCUT2D eigenvalue weighted by Gasteiger charge is 2.34. The summed E-state index contributed by atoms with van der Waals surface area (Å²) in [6.07, 6.45) is -9.18. The van der Waals surface area contributed by atoms with Crippen LogP contribution < -0.4 is 0 Å². The molecule has 202 valence electrons. The predicted octanol–water partition coefficient (Wildman–Crippen LogP) is 7.02. The van der Waals surface area contributed by atoms with Gasteiger partial charge in [-0.2, -0.15) is 26.3 Å². The monoisotopic (exact) mass is 548 g/mol. The minimum atomic E-state index is -4.61. The number of esters is 1. The zero-order valence-corrected chi connectivity index (χ0v) is 19.9. The van der Waals surface area contributed by atoms with Crippen molar-refractivity contribution < 1.29 is 45.8 Å². The van der Waals surface area contributed by atoms with Crippen LogP contribution in [-0.4, -0.2) is 34.1 Å². The number of hydrogen-bond acceptors (Lipinski definition) is 5. The van der Waals surface area contributed by atoms with Gasteiger partial charge in [0.1, 0.15) is 11.4 Å².